The summed E-state index contributed by atoms with van der Waals surface area (Å²) >= 11 is 0. The zero-order chi connectivity index (χ0) is 28.3. The Labute approximate surface area is 228 Å². The van der Waals surface area contributed by atoms with Crippen LogP contribution >= 0.6 is 0 Å². The fourth-order valence-electron chi connectivity index (χ4n) is 4.17. The molecule has 2 amide bonds. The average Bonchev–Trinajstić information content (AvgIpc) is 2.87. The molecule has 2 atom stereocenters. The molecule has 0 unspecified atom stereocenters. The second kappa shape index (κ2) is 14.8. The zero-order valence-corrected chi connectivity index (χ0v) is 24.4. The highest BCUT2D eigenvalue weighted by Gasteiger charge is 2.29. The van der Waals surface area contributed by atoms with Crippen LogP contribution in [0.1, 0.15) is 64.5 Å². The van der Waals surface area contributed by atoms with Crippen LogP contribution in [-0.4, -0.2) is 56.6 Å². The summed E-state index contributed by atoms with van der Waals surface area (Å²) in [4.78, 5) is 28.3. The number of benzene rings is 2. The predicted octanol–water partition coefficient (Wildman–Crippen LogP) is 4.66. The molecule has 0 saturated carbocycles. The number of hydrogen-bond acceptors (Lipinski definition) is 5. The van der Waals surface area contributed by atoms with Crippen molar-refractivity contribution in [3.63, 3.8) is 0 Å². The van der Waals surface area contributed by atoms with E-state index in [1.165, 1.54) is 4.31 Å². The molecule has 0 heterocycles. The fourth-order valence-corrected chi connectivity index (χ4v) is 5.14. The van der Waals surface area contributed by atoms with Crippen LogP contribution in [0, 0.1) is 6.92 Å². The molecule has 210 valence electrons. The van der Waals surface area contributed by atoms with Crippen LogP contribution in [0.15, 0.2) is 48.5 Å². The molecule has 9 heteroatoms. The molecule has 8 nitrogen and oxygen atoms in total. The van der Waals surface area contributed by atoms with Crippen molar-refractivity contribution in [3.05, 3.63) is 59.7 Å². The predicted molar refractivity (Wildman–Crippen MR) is 153 cm³/mol. The van der Waals surface area contributed by atoms with Gasteiger partial charge in [-0.1, -0.05) is 55.8 Å². The smallest absolute Gasteiger partial charge is 0.243 e. The van der Waals surface area contributed by atoms with E-state index < -0.39 is 16.1 Å². The molecule has 0 spiro atoms. The minimum Gasteiger partial charge on any atom is -0.492 e. The number of hydrogen-bond donors (Lipinski definition) is 1. The van der Waals surface area contributed by atoms with E-state index in [1.54, 1.807) is 29.2 Å². The summed E-state index contributed by atoms with van der Waals surface area (Å²) in [6, 6.07) is 14.2. The van der Waals surface area contributed by atoms with Crippen LogP contribution in [0.25, 0.3) is 0 Å². The number of nitrogens with zero attached hydrogens (tertiary/aromatic N) is 2. The third-order valence-electron chi connectivity index (χ3n) is 6.45. The molecule has 0 aliphatic rings. The molecule has 0 radical (unpaired) electrons. The highest BCUT2D eigenvalue weighted by atomic mass is 32.2. The van der Waals surface area contributed by atoms with Crippen LogP contribution in [0.2, 0.25) is 0 Å². The molecule has 0 aliphatic heterocycles. The number of aryl methyl sites for hydroxylation is 1. The van der Waals surface area contributed by atoms with Gasteiger partial charge in [-0.15, -0.1) is 0 Å². The topological polar surface area (TPSA) is 96.0 Å². The summed E-state index contributed by atoms with van der Waals surface area (Å²) < 4.78 is 32.2. The van der Waals surface area contributed by atoms with Crippen LogP contribution in [0.5, 0.6) is 5.75 Å². The largest absolute Gasteiger partial charge is 0.492 e. The summed E-state index contributed by atoms with van der Waals surface area (Å²) in [6.07, 6.45) is 2.80. The number of para-hydroxylation sites is 2. The van der Waals surface area contributed by atoms with Crippen LogP contribution in [-0.2, 0) is 26.2 Å². The number of carbonyl (C=O) groups excluding carboxylic acids is 2. The minimum absolute atomic E-state index is 0.00149. The Morgan fingerprint density at radius 3 is 2.24 bits per heavy atom. The SMILES string of the molecule is CCOc1ccccc1N(CCCC(=O)N(Cc1ccc(C)cc1)[C@@H](CC)C(=O)N[C@H](C)CC)S(C)(=O)=O. The minimum atomic E-state index is -3.62. The van der Waals surface area contributed by atoms with Gasteiger partial charge in [0.2, 0.25) is 21.8 Å². The van der Waals surface area contributed by atoms with Crippen molar-refractivity contribution in [2.24, 2.45) is 0 Å². The Balaban J connectivity index is 2.25. The lowest BCUT2D eigenvalue weighted by Crippen LogP contribution is -2.50. The Morgan fingerprint density at radius 1 is 1.00 bits per heavy atom. The number of rotatable bonds is 15. The van der Waals surface area contributed by atoms with Crippen LogP contribution in [0.4, 0.5) is 5.69 Å². The summed E-state index contributed by atoms with van der Waals surface area (Å²) in [5.74, 6) is 0.106. The zero-order valence-electron chi connectivity index (χ0n) is 23.6. The molecule has 1 N–H and O–H groups in total. The molecule has 38 heavy (non-hydrogen) atoms. The van der Waals surface area contributed by atoms with Crippen molar-refractivity contribution >= 4 is 27.5 Å². The lowest BCUT2D eigenvalue weighted by atomic mass is 10.1. The average molecular weight is 546 g/mol. The molecule has 2 aromatic rings. The molecule has 0 saturated heterocycles. The van der Waals surface area contributed by atoms with Crippen molar-refractivity contribution in [2.45, 2.75) is 78.9 Å². The molecule has 2 rings (SSSR count). The van der Waals surface area contributed by atoms with Crippen molar-refractivity contribution in [1.82, 2.24) is 10.2 Å². The summed E-state index contributed by atoms with van der Waals surface area (Å²) in [6.45, 7) is 10.5. The van der Waals surface area contributed by atoms with Gasteiger partial charge >= 0.3 is 0 Å². The van der Waals surface area contributed by atoms with Gasteiger partial charge in [-0.3, -0.25) is 13.9 Å². The second-order valence-corrected chi connectivity index (χ2v) is 11.5. The highest BCUT2D eigenvalue weighted by molar-refractivity contribution is 7.92. The Kier molecular flexibility index (Phi) is 12.1. The van der Waals surface area contributed by atoms with E-state index in [1.807, 2.05) is 58.9 Å². The van der Waals surface area contributed by atoms with Crippen LogP contribution in [0.3, 0.4) is 0 Å². The van der Waals surface area contributed by atoms with Gasteiger partial charge in [0.25, 0.3) is 0 Å². The van der Waals surface area contributed by atoms with Crippen molar-refractivity contribution in [2.75, 3.05) is 23.7 Å². The molecule has 0 bridgehead atoms. The van der Waals surface area contributed by atoms with E-state index in [9.17, 15) is 18.0 Å². The van der Waals surface area contributed by atoms with Gasteiger partial charge in [0.05, 0.1) is 18.6 Å². The lowest BCUT2D eigenvalue weighted by molar-refractivity contribution is -0.141. The molecular weight excluding hydrogens is 502 g/mol. The van der Waals surface area contributed by atoms with E-state index in [0.717, 1.165) is 23.8 Å². The Hall–Kier alpha value is -3.07. The second-order valence-electron chi connectivity index (χ2n) is 9.59. The normalized spacial score (nSPS) is 12.9. The Bertz CT molecular complexity index is 1150. The van der Waals surface area contributed by atoms with E-state index >= 15 is 0 Å². The third kappa shape index (κ3) is 9.04. The first-order valence-corrected chi connectivity index (χ1v) is 15.2. The van der Waals surface area contributed by atoms with Gasteiger partial charge in [0.15, 0.2) is 0 Å². The van der Waals surface area contributed by atoms with E-state index in [-0.39, 0.29) is 30.8 Å². The Morgan fingerprint density at radius 2 is 1.66 bits per heavy atom. The molecule has 2 aromatic carbocycles. The quantitative estimate of drug-likeness (QED) is 0.351. The molecule has 0 aliphatic carbocycles. The number of anilines is 1. The van der Waals surface area contributed by atoms with E-state index in [2.05, 4.69) is 5.32 Å². The monoisotopic (exact) mass is 545 g/mol. The van der Waals surface area contributed by atoms with Crippen molar-refractivity contribution < 1.29 is 22.7 Å². The number of ether oxygens (including phenoxy) is 1. The maximum Gasteiger partial charge on any atom is 0.243 e. The highest BCUT2D eigenvalue weighted by Crippen LogP contribution is 2.30. The fraction of sp³-hybridized carbons (Fsp3) is 0.517. The first kappa shape index (κ1) is 31.1. The number of carbonyl (C=O) groups is 2. The van der Waals surface area contributed by atoms with Crippen molar-refractivity contribution in [3.8, 4) is 5.75 Å². The summed E-state index contributed by atoms with van der Waals surface area (Å²) in [7, 11) is -3.62. The van der Waals surface area contributed by atoms with Gasteiger partial charge in [-0.25, -0.2) is 8.42 Å². The standard InChI is InChI=1S/C29H43N3O5S/c1-7-23(5)30-29(34)25(8-2)31(21-24-18-16-22(4)17-19-24)28(33)15-12-20-32(38(6,35)36)26-13-10-11-14-27(26)37-9-3/h10-11,13-14,16-19,23,25H,7-9,12,15,20-21H2,1-6H3,(H,30,34)/t23-,25+/m1/s1. The first-order valence-electron chi connectivity index (χ1n) is 13.4. The van der Waals surface area contributed by atoms with Gasteiger partial charge in [-0.05, 0) is 57.7 Å². The maximum atomic E-state index is 13.6. The third-order valence-corrected chi connectivity index (χ3v) is 7.63. The summed E-state index contributed by atoms with van der Waals surface area (Å²) in [5.41, 5.74) is 2.49. The van der Waals surface area contributed by atoms with Crippen molar-refractivity contribution in [1.29, 1.82) is 0 Å². The van der Waals surface area contributed by atoms with Crippen LogP contribution < -0.4 is 14.4 Å². The molecule has 0 aromatic heterocycles. The van der Waals surface area contributed by atoms with E-state index in [0.29, 0.717) is 37.4 Å². The number of sulfonamides is 1. The van der Waals surface area contributed by atoms with Gasteiger partial charge in [-0.2, -0.15) is 0 Å². The van der Waals surface area contributed by atoms with Gasteiger partial charge < -0.3 is 15.0 Å². The lowest BCUT2D eigenvalue weighted by Gasteiger charge is -2.32. The number of nitrogens with one attached hydrogen (secondary N) is 1. The number of amides is 2. The maximum absolute atomic E-state index is 13.6. The summed E-state index contributed by atoms with van der Waals surface area (Å²) in [5, 5.41) is 3.01. The van der Waals surface area contributed by atoms with Gasteiger partial charge in [0, 0.05) is 25.6 Å². The van der Waals surface area contributed by atoms with E-state index in [4.69, 9.17) is 4.74 Å². The molecular formula is C29H43N3O5S. The molecule has 0 fully saturated rings. The first-order chi connectivity index (χ1) is 18.0. The van der Waals surface area contributed by atoms with Gasteiger partial charge in [0.1, 0.15) is 11.8 Å².